The van der Waals surface area contributed by atoms with Gasteiger partial charge in [0.2, 0.25) is 0 Å². The summed E-state index contributed by atoms with van der Waals surface area (Å²) < 4.78 is 5.60. The van der Waals surface area contributed by atoms with E-state index in [-0.39, 0.29) is 11.7 Å². The quantitative estimate of drug-likeness (QED) is 0.491. The fourth-order valence-corrected chi connectivity index (χ4v) is 2.71. The van der Waals surface area contributed by atoms with Crippen LogP contribution in [0.3, 0.4) is 0 Å². The summed E-state index contributed by atoms with van der Waals surface area (Å²) in [5.74, 6) is 0. The van der Waals surface area contributed by atoms with Crippen LogP contribution in [0.15, 0.2) is 0 Å². The van der Waals surface area contributed by atoms with Crippen LogP contribution >= 0.6 is 0 Å². The van der Waals surface area contributed by atoms with Gasteiger partial charge in [-0.1, -0.05) is 51.4 Å². The molecule has 0 spiro atoms. The van der Waals surface area contributed by atoms with Gasteiger partial charge in [-0.25, -0.2) is 0 Å². The first-order valence-corrected chi connectivity index (χ1v) is 6.51. The minimum atomic E-state index is -0.348. The largest absolute Gasteiger partial charge is 0.358 e. The van der Waals surface area contributed by atoms with Gasteiger partial charge in [0.05, 0.1) is 6.10 Å². The summed E-state index contributed by atoms with van der Waals surface area (Å²) in [5, 5.41) is 0. The number of hydrogen-bond donors (Lipinski definition) is 0. The third kappa shape index (κ3) is 2.81. The highest BCUT2D eigenvalue weighted by Gasteiger charge is 2.55. The van der Waals surface area contributed by atoms with Crippen LogP contribution in [0.2, 0.25) is 0 Å². The predicted octanol–water partition coefficient (Wildman–Crippen LogP) is 3.24. The Kier molecular flexibility index (Phi) is 3.79. The summed E-state index contributed by atoms with van der Waals surface area (Å²) in [6.07, 6.45) is 13.8. The lowest BCUT2D eigenvalue weighted by molar-refractivity contribution is -0.112. The molecule has 0 aromatic rings. The smallest absolute Gasteiger partial charge is 0.154 e. The van der Waals surface area contributed by atoms with E-state index in [2.05, 4.69) is 0 Å². The molecule has 1 heterocycles. The number of fused-ring (bicyclic) bond motifs is 1. The van der Waals surface area contributed by atoms with Crippen LogP contribution in [-0.2, 0) is 9.53 Å². The van der Waals surface area contributed by atoms with Crippen LogP contribution in [0.5, 0.6) is 0 Å². The van der Waals surface area contributed by atoms with Gasteiger partial charge < -0.3 is 9.53 Å². The summed E-state index contributed by atoms with van der Waals surface area (Å²) in [6, 6.07) is 0. The molecule has 0 aromatic carbocycles. The number of epoxide rings is 1. The highest BCUT2D eigenvalue weighted by molar-refractivity contribution is 5.67. The molecule has 0 N–H and O–H groups in total. The van der Waals surface area contributed by atoms with E-state index in [0.29, 0.717) is 0 Å². The first kappa shape index (κ1) is 11.1. The van der Waals surface area contributed by atoms with Gasteiger partial charge in [-0.15, -0.1) is 0 Å². The second kappa shape index (κ2) is 5.11. The zero-order valence-corrected chi connectivity index (χ0v) is 9.54. The standard InChI is InChI=1S/C13H22O2/c14-11-13-10-8-6-4-2-1-3-5-7-9-12(13)15-13/h11-12H,1-10H2. The number of hydrogen-bond acceptors (Lipinski definition) is 2. The number of carbonyl (C=O) groups is 1. The lowest BCUT2D eigenvalue weighted by Crippen LogP contribution is -2.17. The van der Waals surface area contributed by atoms with Gasteiger partial charge in [0.15, 0.2) is 6.29 Å². The molecule has 1 aliphatic heterocycles. The van der Waals surface area contributed by atoms with Crippen LogP contribution in [0.1, 0.15) is 64.2 Å². The zero-order chi connectivity index (χ0) is 10.6. The van der Waals surface area contributed by atoms with Crippen LogP contribution in [0, 0.1) is 0 Å². The summed E-state index contributed by atoms with van der Waals surface area (Å²) in [7, 11) is 0. The molecule has 2 nitrogen and oxygen atoms in total. The monoisotopic (exact) mass is 210 g/mol. The van der Waals surface area contributed by atoms with Crippen molar-refractivity contribution in [2.24, 2.45) is 0 Å². The molecule has 86 valence electrons. The average Bonchev–Trinajstić information content (AvgIpc) is 2.93. The van der Waals surface area contributed by atoms with Crippen molar-refractivity contribution in [3.8, 4) is 0 Å². The minimum Gasteiger partial charge on any atom is -0.358 e. The molecule has 0 radical (unpaired) electrons. The van der Waals surface area contributed by atoms with Crippen molar-refractivity contribution >= 4 is 6.29 Å². The molecule has 2 rings (SSSR count). The molecule has 2 fully saturated rings. The van der Waals surface area contributed by atoms with Gasteiger partial charge >= 0.3 is 0 Å². The van der Waals surface area contributed by atoms with Crippen LogP contribution in [0.25, 0.3) is 0 Å². The maximum atomic E-state index is 11.0. The summed E-state index contributed by atoms with van der Waals surface area (Å²) >= 11 is 0. The highest BCUT2D eigenvalue weighted by atomic mass is 16.6. The molecule has 2 aliphatic rings. The Morgan fingerprint density at radius 3 is 2.20 bits per heavy atom. The number of carbonyl (C=O) groups excluding carboxylic acids is 1. The Balaban J connectivity index is 1.81. The summed E-state index contributed by atoms with van der Waals surface area (Å²) in [6.45, 7) is 0. The molecular weight excluding hydrogens is 188 g/mol. The van der Waals surface area contributed by atoms with Crippen molar-refractivity contribution in [1.29, 1.82) is 0 Å². The fraction of sp³-hybridized carbons (Fsp3) is 0.923. The Morgan fingerprint density at radius 1 is 0.933 bits per heavy atom. The van der Waals surface area contributed by atoms with E-state index in [1.54, 1.807) is 0 Å². The van der Waals surface area contributed by atoms with Gasteiger partial charge in [0.25, 0.3) is 0 Å². The van der Waals surface area contributed by atoms with Gasteiger partial charge in [0.1, 0.15) is 5.60 Å². The minimum absolute atomic E-state index is 0.259. The average molecular weight is 210 g/mol. The summed E-state index contributed by atoms with van der Waals surface area (Å²) in [4.78, 5) is 11.0. The van der Waals surface area contributed by atoms with Gasteiger partial charge in [-0.05, 0) is 12.8 Å². The van der Waals surface area contributed by atoms with E-state index in [1.165, 1.54) is 44.9 Å². The van der Waals surface area contributed by atoms with Crippen molar-refractivity contribution in [2.45, 2.75) is 75.9 Å². The van der Waals surface area contributed by atoms with Crippen LogP contribution < -0.4 is 0 Å². The first-order chi connectivity index (χ1) is 7.37. The number of aldehydes is 1. The van der Waals surface area contributed by atoms with E-state index in [0.717, 1.165) is 25.5 Å². The van der Waals surface area contributed by atoms with Crippen LogP contribution in [0.4, 0.5) is 0 Å². The van der Waals surface area contributed by atoms with Crippen LogP contribution in [-0.4, -0.2) is 18.0 Å². The van der Waals surface area contributed by atoms with Crippen molar-refractivity contribution in [1.82, 2.24) is 0 Å². The third-order valence-electron chi connectivity index (χ3n) is 3.83. The molecular formula is C13H22O2. The van der Waals surface area contributed by atoms with Crippen molar-refractivity contribution < 1.29 is 9.53 Å². The molecule has 0 bridgehead atoms. The molecule has 2 atom stereocenters. The molecule has 1 saturated heterocycles. The van der Waals surface area contributed by atoms with Crippen molar-refractivity contribution in [3.63, 3.8) is 0 Å². The van der Waals surface area contributed by atoms with Gasteiger partial charge in [0, 0.05) is 0 Å². The maximum absolute atomic E-state index is 11.0. The molecule has 15 heavy (non-hydrogen) atoms. The Labute approximate surface area is 92.4 Å². The second-order valence-corrected chi connectivity index (χ2v) is 5.05. The first-order valence-electron chi connectivity index (χ1n) is 6.51. The molecule has 0 aromatic heterocycles. The normalized spacial score (nSPS) is 38.3. The van der Waals surface area contributed by atoms with E-state index in [1.807, 2.05) is 0 Å². The lowest BCUT2D eigenvalue weighted by atomic mass is 9.94. The highest BCUT2D eigenvalue weighted by Crippen LogP contribution is 2.42. The predicted molar refractivity (Wildman–Crippen MR) is 59.8 cm³/mol. The lowest BCUT2D eigenvalue weighted by Gasteiger charge is -2.07. The van der Waals surface area contributed by atoms with Gasteiger partial charge in [-0.2, -0.15) is 0 Å². The zero-order valence-electron chi connectivity index (χ0n) is 9.54. The fourth-order valence-electron chi connectivity index (χ4n) is 2.71. The maximum Gasteiger partial charge on any atom is 0.154 e. The Hall–Kier alpha value is -0.370. The Bertz CT molecular complexity index is 215. The number of ether oxygens (including phenoxy) is 1. The van der Waals surface area contributed by atoms with E-state index in [9.17, 15) is 4.79 Å². The topological polar surface area (TPSA) is 29.6 Å². The van der Waals surface area contributed by atoms with E-state index < -0.39 is 0 Å². The molecule has 0 amide bonds. The molecule has 2 unspecified atom stereocenters. The van der Waals surface area contributed by atoms with Crippen molar-refractivity contribution in [3.05, 3.63) is 0 Å². The second-order valence-electron chi connectivity index (χ2n) is 5.05. The van der Waals surface area contributed by atoms with Crippen molar-refractivity contribution in [2.75, 3.05) is 0 Å². The van der Waals surface area contributed by atoms with Gasteiger partial charge in [-0.3, -0.25) is 0 Å². The molecule has 2 heteroatoms. The Morgan fingerprint density at radius 2 is 1.53 bits per heavy atom. The summed E-state index contributed by atoms with van der Waals surface area (Å²) in [5.41, 5.74) is -0.348. The van der Waals surface area contributed by atoms with E-state index in [4.69, 9.17) is 4.74 Å². The molecule has 1 aliphatic carbocycles. The number of rotatable bonds is 1. The third-order valence-corrected chi connectivity index (χ3v) is 3.83. The SMILES string of the molecule is O=CC12CCCCCCCCCCC1O2. The van der Waals surface area contributed by atoms with E-state index >= 15 is 0 Å². The molecule has 1 saturated carbocycles.